The normalized spacial score (nSPS) is 22.7. The van der Waals surface area contributed by atoms with E-state index >= 15 is 0 Å². The third-order valence-electron chi connectivity index (χ3n) is 5.91. The van der Waals surface area contributed by atoms with Gasteiger partial charge in [-0.2, -0.15) is 0 Å². The molecule has 138 valence electrons. The summed E-state index contributed by atoms with van der Waals surface area (Å²) in [6.07, 6.45) is 2.69. The van der Waals surface area contributed by atoms with E-state index in [0.29, 0.717) is 38.1 Å². The number of likely N-dealkylation sites (tertiary alicyclic amines) is 1. The Bertz CT molecular complexity index is 841. The number of aromatic nitrogens is 1. The van der Waals surface area contributed by atoms with Gasteiger partial charge in [-0.25, -0.2) is 0 Å². The lowest BCUT2D eigenvalue weighted by atomic mass is 9.82. The smallest absolute Gasteiger partial charge is 0.253 e. The van der Waals surface area contributed by atoms with Crippen LogP contribution < -0.4 is 0 Å². The number of benzene rings is 1. The van der Waals surface area contributed by atoms with Gasteiger partial charge in [0, 0.05) is 36.3 Å². The number of aryl methyl sites for hydroxylation is 2. The number of amides is 1. The number of hydrogen-bond donors (Lipinski definition) is 1. The average molecular weight is 354 g/mol. The van der Waals surface area contributed by atoms with Crippen molar-refractivity contribution in [2.45, 2.75) is 51.2 Å². The zero-order chi connectivity index (χ0) is 18.3. The highest BCUT2D eigenvalue weighted by Crippen LogP contribution is 2.35. The number of nitrogens with zero attached hydrogens (tertiary/aromatic N) is 2. The summed E-state index contributed by atoms with van der Waals surface area (Å²) in [5, 5.41) is 11.4. The lowest BCUT2D eigenvalue weighted by Gasteiger charge is -2.46. The van der Waals surface area contributed by atoms with Gasteiger partial charge in [0.1, 0.15) is 0 Å². The second kappa shape index (κ2) is 6.63. The number of rotatable bonds is 1. The Morgan fingerprint density at radius 1 is 1.27 bits per heavy atom. The summed E-state index contributed by atoms with van der Waals surface area (Å²) in [5.74, 6) is 0.0352. The first-order valence-electron chi connectivity index (χ1n) is 9.48. The molecule has 1 atom stereocenters. The van der Waals surface area contributed by atoms with Crippen LogP contribution in [0.15, 0.2) is 24.3 Å². The van der Waals surface area contributed by atoms with Gasteiger partial charge in [0.25, 0.3) is 5.91 Å². The molecule has 2 fully saturated rings. The summed E-state index contributed by atoms with van der Waals surface area (Å²) in [5.41, 5.74) is 3.23. The van der Waals surface area contributed by atoms with Gasteiger partial charge < -0.3 is 14.7 Å². The van der Waals surface area contributed by atoms with Crippen molar-refractivity contribution < 1.29 is 14.6 Å². The van der Waals surface area contributed by atoms with Gasteiger partial charge >= 0.3 is 0 Å². The molecule has 4 rings (SSSR count). The molecule has 2 saturated heterocycles. The van der Waals surface area contributed by atoms with Crippen molar-refractivity contribution in [3.63, 3.8) is 0 Å². The number of carbonyl (C=O) groups excluding carboxylic acids is 1. The van der Waals surface area contributed by atoms with Crippen LogP contribution in [0.25, 0.3) is 10.9 Å². The van der Waals surface area contributed by atoms with E-state index < -0.39 is 11.7 Å². The molecule has 2 aliphatic rings. The van der Waals surface area contributed by atoms with Gasteiger partial charge in [0.2, 0.25) is 0 Å². The molecular formula is C21H26N2O3. The molecule has 1 spiro atoms. The Balaban J connectivity index is 1.52. The van der Waals surface area contributed by atoms with Crippen LogP contribution in [-0.4, -0.2) is 52.3 Å². The highest BCUT2D eigenvalue weighted by molar-refractivity contribution is 5.98. The van der Waals surface area contributed by atoms with Crippen molar-refractivity contribution in [2.75, 3.05) is 19.7 Å². The molecule has 3 heterocycles. The predicted octanol–water partition coefficient (Wildman–Crippen LogP) is 3.00. The van der Waals surface area contributed by atoms with Crippen LogP contribution in [0.2, 0.25) is 0 Å². The number of carbonyl (C=O) groups is 1. The molecule has 2 aliphatic heterocycles. The maximum absolute atomic E-state index is 13.0. The third kappa shape index (κ3) is 2.99. The second-order valence-corrected chi connectivity index (χ2v) is 7.68. The minimum atomic E-state index is -0.450. The Kier molecular flexibility index (Phi) is 4.45. The molecule has 0 aliphatic carbocycles. The van der Waals surface area contributed by atoms with Crippen LogP contribution in [0, 0.1) is 13.8 Å². The summed E-state index contributed by atoms with van der Waals surface area (Å²) >= 11 is 0. The maximum atomic E-state index is 13.0. The van der Waals surface area contributed by atoms with Crippen molar-refractivity contribution in [2.24, 2.45) is 0 Å². The predicted molar refractivity (Wildman–Crippen MR) is 100 cm³/mol. The number of aliphatic hydroxyl groups is 1. The fourth-order valence-corrected chi connectivity index (χ4v) is 4.36. The minimum Gasteiger partial charge on any atom is -0.390 e. The first kappa shape index (κ1) is 17.4. The number of hydrogen-bond acceptors (Lipinski definition) is 4. The van der Waals surface area contributed by atoms with E-state index in [2.05, 4.69) is 18.0 Å². The molecule has 1 amide bonds. The zero-order valence-corrected chi connectivity index (χ0v) is 15.5. The first-order valence-corrected chi connectivity index (χ1v) is 9.48. The van der Waals surface area contributed by atoms with Gasteiger partial charge in [-0.15, -0.1) is 0 Å². The van der Waals surface area contributed by atoms with Crippen LogP contribution in [0.3, 0.4) is 0 Å². The zero-order valence-electron chi connectivity index (χ0n) is 15.5. The van der Waals surface area contributed by atoms with Gasteiger partial charge in [-0.1, -0.05) is 6.07 Å². The average Bonchev–Trinajstić information content (AvgIpc) is 2.64. The molecule has 5 nitrogen and oxygen atoms in total. The molecule has 1 aromatic heterocycles. The first-order chi connectivity index (χ1) is 12.5. The molecule has 0 radical (unpaired) electrons. The van der Waals surface area contributed by atoms with E-state index in [1.807, 2.05) is 30.0 Å². The van der Waals surface area contributed by atoms with Crippen LogP contribution in [0.1, 0.15) is 47.3 Å². The fraction of sp³-hybridized carbons (Fsp3) is 0.524. The number of pyridine rings is 1. The molecular weight excluding hydrogens is 328 g/mol. The maximum Gasteiger partial charge on any atom is 0.253 e. The summed E-state index contributed by atoms with van der Waals surface area (Å²) in [7, 11) is 0. The quantitative estimate of drug-likeness (QED) is 0.855. The largest absolute Gasteiger partial charge is 0.390 e. The van der Waals surface area contributed by atoms with Crippen LogP contribution >= 0.6 is 0 Å². The van der Waals surface area contributed by atoms with Crippen molar-refractivity contribution in [1.29, 1.82) is 0 Å². The Morgan fingerprint density at radius 3 is 2.77 bits per heavy atom. The van der Waals surface area contributed by atoms with Gasteiger partial charge in [-0.05, 0) is 63.3 Å². The van der Waals surface area contributed by atoms with Gasteiger partial charge in [-0.3, -0.25) is 9.78 Å². The second-order valence-electron chi connectivity index (χ2n) is 7.68. The molecule has 26 heavy (non-hydrogen) atoms. The molecule has 5 heteroatoms. The SMILES string of the molecule is Cc1cc(C)c2ccc(C(=O)N3CCC4(CC3)OCCCC4O)cc2n1. The molecule has 0 bridgehead atoms. The monoisotopic (exact) mass is 354 g/mol. The van der Waals surface area contributed by atoms with Crippen molar-refractivity contribution in [3.8, 4) is 0 Å². The Morgan fingerprint density at radius 2 is 2.04 bits per heavy atom. The van der Waals surface area contributed by atoms with E-state index in [-0.39, 0.29) is 5.91 Å². The number of ether oxygens (including phenoxy) is 1. The van der Waals surface area contributed by atoms with Gasteiger partial charge in [0.15, 0.2) is 0 Å². The summed E-state index contributed by atoms with van der Waals surface area (Å²) in [6, 6.07) is 7.84. The molecule has 2 aromatic rings. The number of fused-ring (bicyclic) bond motifs is 1. The Labute approximate surface area is 154 Å². The molecule has 0 saturated carbocycles. The van der Waals surface area contributed by atoms with E-state index in [4.69, 9.17) is 4.74 Å². The Hall–Kier alpha value is -1.98. The third-order valence-corrected chi connectivity index (χ3v) is 5.91. The lowest BCUT2D eigenvalue weighted by Crippen LogP contribution is -2.56. The fourth-order valence-electron chi connectivity index (χ4n) is 4.36. The summed E-state index contributed by atoms with van der Waals surface area (Å²) in [6.45, 7) is 5.99. The van der Waals surface area contributed by atoms with E-state index in [1.165, 1.54) is 5.56 Å². The van der Waals surface area contributed by atoms with Crippen LogP contribution in [-0.2, 0) is 4.74 Å². The van der Waals surface area contributed by atoms with E-state index in [9.17, 15) is 9.90 Å². The lowest BCUT2D eigenvalue weighted by molar-refractivity contribution is -0.174. The standard InChI is InChI=1S/C21H26N2O3/c1-14-12-15(2)22-18-13-16(5-6-17(14)18)20(25)23-9-7-21(8-10-23)19(24)4-3-11-26-21/h5-6,12-13,19,24H,3-4,7-11H2,1-2H3. The molecule has 1 unspecified atom stereocenters. The summed E-state index contributed by atoms with van der Waals surface area (Å²) in [4.78, 5) is 19.4. The topological polar surface area (TPSA) is 62.7 Å². The van der Waals surface area contributed by atoms with Crippen LogP contribution in [0.4, 0.5) is 0 Å². The van der Waals surface area contributed by atoms with E-state index in [1.54, 1.807) is 0 Å². The number of aliphatic hydroxyl groups excluding tert-OH is 1. The van der Waals surface area contributed by atoms with Gasteiger partial charge in [0.05, 0.1) is 17.2 Å². The highest BCUT2D eigenvalue weighted by Gasteiger charge is 2.44. The van der Waals surface area contributed by atoms with Crippen molar-refractivity contribution >= 4 is 16.8 Å². The van der Waals surface area contributed by atoms with Crippen LogP contribution in [0.5, 0.6) is 0 Å². The number of piperidine rings is 1. The van der Waals surface area contributed by atoms with E-state index in [0.717, 1.165) is 29.4 Å². The highest BCUT2D eigenvalue weighted by atomic mass is 16.5. The summed E-state index contributed by atoms with van der Waals surface area (Å²) < 4.78 is 5.94. The minimum absolute atomic E-state index is 0.0352. The molecule has 1 aromatic carbocycles. The van der Waals surface area contributed by atoms with Crippen molar-refractivity contribution in [1.82, 2.24) is 9.88 Å². The molecule has 1 N–H and O–H groups in total. The van der Waals surface area contributed by atoms with Crippen molar-refractivity contribution in [3.05, 3.63) is 41.1 Å².